The number of carbonyl (C=O) groups excluding carboxylic acids is 2. The predicted octanol–water partition coefficient (Wildman–Crippen LogP) is 1.98. The highest BCUT2D eigenvalue weighted by Gasteiger charge is 2.34. The lowest BCUT2D eigenvalue weighted by atomic mass is 10.1. The van der Waals surface area contributed by atoms with Gasteiger partial charge in [0.05, 0.1) is 13.7 Å². The van der Waals surface area contributed by atoms with Gasteiger partial charge in [0.25, 0.3) is 0 Å². The first-order valence-electron chi connectivity index (χ1n) is 8.94. The number of anilines is 1. The van der Waals surface area contributed by atoms with E-state index in [1.807, 2.05) is 24.3 Å². The second-order valence-electron chi connectivity index (χ2n) is 6.66. The van der Waals surface area contributed by atoms with Crippen molar-refractivity contribution >= 4 is 23.6 Å². The zero-order valence-corrected chi connectivity index (χ0v) is 15.5. The molecule has 2 aromatic rings. The number of ether oxygens (including phenoxy) is 1. The van der Waals surface area contributed by atoms with Crippen molar-refractivity contribution in [3.05, 3.63) is 59.7 Å². The SMILES string of the molecule is COc1cc(/C=C/C(=O)NCC(=O)Nc2ccc(C3CC3N)cc2)ccc1O. The lowest BCUT2D eigenvalue weighted by molar-refractivity contribution is -0.121. The molecular formula is C21H23N3O4. The number of hydrogen-bond acceptors (Lipinski definition) is 5. The number of nitrogens with one attached hydrogen (secondary N) is 2. The van der Waals surface area contributed by atoms with Crippen molar-refractivity contribution in [2.75, 3.05) is 19.0 Å². The number of hydrogen-bond donors (Lipinski definition) is 4. The number of phenols is 1. The topological polar surface area (TPSA) is 114 Å². The third-order valence-electron chi connectivity index (χ3n) is 4.52. The Labute approximate surface area is 163 Å². The Morgan fingerprint density at radius 2 is 1.96 bits per heavy atom. The number of carbonyl (C=O) groups is 2. The Kier molecular flexibility index (Phi) is 5.96. The summed E-state index contributed by atoms with van der Waals surface area (Å²) in [7, 11) is 1.45. The van der Waals surface area contributed by atoms with E-state index in [0.29, 0.717) is 22.9 Å². The maximum Gasteiger partial charge on any atom is 0.244 e. The molecule has 5 N–H and O–H groups in total. The molecule has 1 aliphatic rings. The third kappa shape index (κ3) is 5.11. The van der Waals surface area contributed by atoms with Crippen LogP contribution in [0.2, 0.25) is 0 Å². The molecule has 2 amide bonds. The minimum atomic E-state index is -0.403. The highest BCUT2D eigenvalue weighted by molar-refractivity contribution is 5.98. The third-order valence-corrected chi connectivity index (χ3v) is 4.52. The second kappa shape index (κ2) is 8.58. The van der Waals surface area contributed by atoms with Gasteiger partial charge in [-0.15, -0.1) is 0 Å². The molecule has 1 saturated carbocycles. The van der Waals surface area contributed by atoms with Gasteiger partial charge < -0.3 is 26.2 Å². The summed E-state index contributed by atoms with van der Waals surface area (Å²) in [6.45, 7) is -0.142. The Morgan fingerprint density at radius 1 is 1.25 bits per heavy atom. The molecule has 0 saturated heterocycles. The van der Waals surface area contributed by atoms with E-state index in [1.54, 1.807) is 18.2 Å². The van der Waals surface area contributed by atoms with E-state index in [-0.39, 0.29) is 24.2 Å². The van der Waals surface area contributed by atoms with Gasteiger partial charge in [-0.1, -0.05) is 18.2 Å². The average molecular weight is 381 g/mol. The van der Waals surface area contributed by atoms with E-state index in [1.165, 1.54) is 24.8 Å². The molecule has 3 rings (SSSR count). The number of benzene rings is 2. The van der Waals surface area contributed by atoms with Crippen LogP contribution >= 0.6 is 0 Å². The molecule has 0 aromatic heterocycles. The Hall–Kier alpha value is -3.32. The molecule has 0 radical (unpaired) electrons. The van der Waals surface area contributed by atoms with Crippen molar-refractivity contribution in [3.8, 4) is 11.5 Å². The zero-order valence-electron chi connectivity index (χ0n) is 15.5. The van der Waals surface area contributed by atoms with Crippen LogP contribution in [0.1, 0.15) is 23.5 Å². The number of rotatable bonds is 7. The summed E-state index contributed by atoms with van der Waals surface area (Å²) in [6, 6.07) is 12.5. The summed E-state index contributed by atoms with van der Waals surface area (Å²) in [5.41, 5.74) is 8.37. The molecule has 2 atom stereocenters. The standard InChI is InChI=1S/C21H23N3O4/c1-28-19-10-13(2-8-18(19)25)3-9-20(26)23-12-21(27)24-15-6-4-14(5-7-15)16-11-17(16)22/h2-10,16-17,25H,11-12,22H2,1H3,(H,23,26)(H,24,27)/b9-3+. The van der Waals surface area contributed by atoms with Crippen molar-refractivity contribution in [3.63, 3.8) is 0 Å². The quantitative estimate of drug-likeness (QED) is 0.548. The summed E-state index contributed by atoms with van der Waals surface area (Å²) in [4.78, 5) is 23.9. The molecule has 1 fully saturated rings. The molecule has 7 nitrogen and oxygen atoms in total. The lowest BCUT2D eigenvalue weighted by Crippen LogP contribution is -2.31. The number of aromatic hydroxyl groups is 1. The number of methoxy groups -OCH3 is 1. The molecule has 0 heterocycles. The Morgan fingerprint density at radius 3 is 2.61 bits per heavy atom. The maximum atomic E-state index is 12.0. The average Bonchev–Trinajstić information content (AvgIpc) is 3.43. The molecule has 28 heavy (non-hydrogen) atoms. The van der Waals surface area contributed by atoms with Gasteiger partial charge >= 0.3 is 0 Å². The molecule has 1 aliphatic carbocycles. The fraction of sp³-hybridized carbons (Fsp3) is 0.238. The van der Waals surface area contributed by atoms with Gasteiger partial charge in [-0.05, 0) is 47.9 Å². The monoisotopic (exact) mass is 381 g/mol. The molecule has 0 aliphatic heterocycles. The van der Waals surface area contributed by atoms with E-state index in [9.17, 15) is 14.7 Å². The van der Waals surface area contributed by atoms with Crippen LogP contribution in [0, 0.1) is 0 Å². The van der Waals surface area contributed by atoms with Gasteiger partial charge in [0, 0.05) is 23.7 Å². The van der Waals surface area contributed by atoms with Gasteiger partial charge in [0.15, 0.2) is 11.5 Å². The highest BCUT2D eigenvalue weighted by atomic mass is 16.5. The van der Waals surface area contributed by atoms with Gasteiger partial charge in [0.1, 0.15) is 0 Å². The molecular weight excluding hydrogens is 358 g/mol. The van der Waals surface area contributed by atoms with Gasteiger partial charge in [-0.2, -0.15) is 0 Å². The second-order valence-corrected chi connectivity index (χ2v) is 6.66. The predicted molar refractivity (Wildman–Crippen MR) is 107 cm³/mol. The van der Waals surface area contributed by atoms with E-state index in [4.69, 9.17) is 10.5 Å². The lowest BCUT2D eigenvalue weighted by Gasteiger charge is -2.07. The van der Waals surface area contributed by atoms with Crippen molar-refractivity contribution in [2.24, 2.45) is 5.73 Å². The summed E-state index contributed by atoms with van der Waals surface area (Å²) in [5, 5.41) is 14.8. The number of nitrogens with two attached hydrogens (primary N) is 1. The van der Waals surface area contributed by atoms with Crippen molar-refractivity contribution in [2.45, 2.75) is 18.4 Å². The van der Waals surface area contributed by atoms with Gasteiger partial charge in [0.2, 0.25) is 11.8 Å². The van der Waals surface area contributed by atoms with Gasteiger partial charge in [-0.3, -0.25) is 9.59 Å². The van der Waals surface area contributed by atoms with Crippen LogP contribution in [0.25, 0.3) is 6.08 Å². The van der Waals surface area contributed by atoms with E-state index < -0.39 is 5.91 Å². The fourth-order valence-corrected chi connectivity index (χ4v) is 2.81. The first-order chi connectivity index (χ1) is 13.5. The zero-order chi connectivity index (χ0) is 20.1. The minimum absolute atomic E-state index is 0.0220. The van der Waals surface area contributed by atoms with Crippen molar-refractivity contribution in [1.29, 1.82) is 0 Å². The molecule has 146 valence electrons. The van der Waals surface area contributed by atoms with Crippen LogP contribution in [0.3, 0.4) is 0 Å². The normalized spacial score (nSPS) is 17.9. The smallest absolute Gasteiger partial charge is 0.244 e. The van der Waals surface area contributed by atoms with E-state index in [0.717, 1.165) is 6.42 Å². The summed E-state index contributed by atoms with van der Waals surface area (Å²) in [6.07, 6.45) is 3.88. The van der Waals surface area contributed by atoms with Crippen LogP contribution in [0.4, 0.5) is 5.69 Å². The first kappa shape index (κ1) is 19.4. The molecule has 0 spiro atoms. The van der Waals surface area contributed by atoms with Gasteiger partial charge in [-0.25, -0.2) is 0 Å². The Balaban J connectivity index is 1.45. The van der Waals surface area contributed by atoms with Crippen molar-refractivity contribution in [1.82, 2.24) is 5.32 Å². The molecule has 7 heteroatoms. The largest absolute Gasteiger partial charge is 0.504 e. The number of phenolic OH excluding ortho intramolecular Hbond substituents is 1. The molecule has 2 unspecified atom stereocenters. The van der Waals surface area contributed by atoms with Crippen LogP contribution in [-0.4, -0.2) is 36.6 Å². The van der Waals surface area contributed by atoms with Crippen LogP contribution in [0.5, 0.6) is 11.5 Å². The maximum absolute atomic E-state index is 12.0. The van der Waals surface area contributed by atoms with Crippen molar-refractivity contribution < 1.29 is 19.4 Å². The Bertz CT molecular complexity index is 893. The summed E-state index contributed by atoms with van der Waals surface area (Å²) < 4.78 is 5.01. The molecule has 0 bridgehead atoms. The van der Waals surface area contributed by atoms with Crippen LogP contribution < -0.4 is 21.1 Å². The van der Waals surface area contributed by atoms with Crippen LogP contribution in [0.15, 0.2) is 48.5 Å². The van der Waals surface area contributed by atoms with E-state index in [2.05, 4.69) is 10.6 Å². The summed E-state index contributed by atoms with van der Waals surface area (Å²) >= 11 is 0. The van der Waals surface area contributed by atoms with E-state index >= 15 is 0 Å². The van der Waals surface area contributed by atoms with Crippen LogP contribution in [-0.2, 0) is 9.59 Å². The first-order valence-corrected chi connectivity index (χ1v) is 8.94. The fourth-order valence-electron chi connectivity index (χ4n) is 2.81. The summed E-state index contributed by atoms with van der Waals surface area (Å²) in [5.74, 6) is 0.0407. The highest BCUT2D eigenvalue weighted by Crippen LogP contribution is 2.39. The number of amides is 2. The molecule has 2 aromatic carbocycles. The minimum Gasteiger partial charge on any atom is -0.504 e.